The van der Waals surface area contributed by atoms with Crippen LogP contribution >= 0.6 is 11.6 Å². The Morgan fingerprint density at radius 2 is 2.12 bits per heavy atom. The van der Waals surface area contributed by atoms with Crippen LogP contribution in [0.1, 0.15) is 31.2 Å². The van der Waals surface area contributed by atoms with Crippen LogP contribution in [0.2, 0.25) is 5.02 Å². The number of ether oxygens (including phenoxy) is 1. The van der Waals surface area contributed by atoms with Crippen LogP contribution in [0, 0.1) is 5.92 Å². The van der Waals surface area contributed by atoms with E-state index in [0.29, 0.717) is 37.7 Å². The van der Waals surface area contributed by atoms with Gasteiger partial charge in [0.1, 0.15) is 0 Å². The van der Waals surface area contributed by atoms with Crippen LogP contribution in [0.3, 0.4) is 0 Å². The fourth-order valence-electron chi connectivity index (χ4n) is 3.87. The summed E-state index contributed by atoms with van der Waals surface area (Å²) in [5, 5.41) is 12.9. The predicted molar refractivity (Wildman–Crippen MR) is 98.5 cm³/mol. The molecule has 2 amide bonds. The smallest absolute Gasteiger partial charge is 0.317 e. The molecule has 2 heterocycles. The summed E-state index contributed by atoms with van der Waals surface area (Å²) in [6.07, 6.45) is 2.97. The molecule has 7 heteroatoms. The Bertz CT molecular complexity index is 661. The normalized spacial score (nSPS) is 22.7. The van der Waals surface area contributed by atoms with E-state index in [-0.39, 0.29) is 18.0 Å². The fraction of sp³-hybridized carbons (Fsp3) is 0.579. The first-order valence-corrected chi connectivity index (χ1v) is 9.47. The largest absolute Gasteiger partial charge is 0.481 e. The van der Waals surface area contributed by atoms with Crippen molar-refractivity contribution < 1.29 is 19.4 Å². The molecule has 0 radical (unpaired) electrons. The summed E-state index contributed by atoms with van der Waals surface area (Å²) < 4.78 is 5.52. The number of carbonyl (C=O) groups excluding carboxylic acids is 1. The summed E-state index contributed by atoms with van der Waals surface area (Å²) in [5.41, 5.74) is 0.900. The van der Waals surface area contributed by atoms with Crippen LogP contribution in [0.5, 0.6) is 0 Å². The van der Waals surface area contributed by atoms with Gasteiger partial charge in [0.05, 0.1) is 5.92 Å². The number of carboxylic acids is 1. The molecule has 1 aromatic carbocycles. The van der Waals surface area contributed by atoms with Gasteiger partial charge < -0.3 is 20.1 Å². The number of nitrogens with one attached hydrogen (secondary N) is 1. The number of likely N-dealkylation sites (tertiary alicyclic amines) is 1. The average molecular weight is 381 g/mol. The molecule has 2 aliphatic heterocycles. The number of piperidine rings is 1. The summed E-state index contributed by atoms with van der Waals surface area (Å²) in [4.78, 5) is 25.4. The van der Waals surface area contributed by atoms with Crippen molar-refractivity contribution in [3.05, 3.63) is 34.9 Å². The van der Waals surface area contributed by atoms with Crippen molar-refractivity contribution in [2.24, 2.45) is 5.92 Å². The Labute approximate surface area is 158 Å². The summed E-state index contributed by atoms with van der Waals surface area (Å²) >= 11 is 6.17. The van der Waals surface area contributed by atoms with Crippen molar-refractivity contribution in [1.29, 1.82) is 0 Å². The van der Waals surface area contributed by atoms with Crippen LogP contribution in [0.4, 0.5) is 4.79 Å². The van der Waals surface area contributed by atoms with Gasteiger partial charge in [0.25, 0.3) is 0 Å². The minimum absolute atomic E-state index is 0.191. The van der Waals surface area contributed by atoms with E-state index in [4.69, 9.17) is 16.3 Å². The zero-order chi connectivity index (χ0) is 18.6. The number of urea groups is 1. The maximum absolute atomic E-state index is 12.6. The molecule has 0 saturated carbocycles. The number of aliphatic carboxylic acids is 1. The lowest BCUT2D eigenvalue weighted by Gasteiger charge is -2.39. The first-order chi connectivity index (χ1) is 12.5. The molecule has 142 valence electrons. The molecule has 0 aliphatic carbocycles. The lowest BCUT2D eigenvalue weighted by Crippen LogP contribution is -2.51. The minimum Gasteiger partial charge on any atom is -0.481 e. The second kappa shape index (κ2) is 8.27. The van der Waals surface area contributed by atoms with Crippen molar-refractivity contribution in [1.82, 2.24) is 10.2 Å². The molecule has 3 rings (SSSR count). The van der Waals surface area contributed by atoms with Crippen LogP contribution in [-0.2, 0) is 14.9 Å². The number of hydrogen-bond donors (Lipinski definition) is 2. The van der Waals surface area contributed by atoms with Crippen LogP contribution in [0.15, 0.2) is 24.3 Å². The van der Waals surface area contributed by atoms with Gasteiger partial charge in [0.2, 0.25) is 0 Å². The third-order valence-electron chi connectivity index (χ3n) is 5.52. The molecule has 2 N–H and O–H groups in total. The standard InChI is InChI=1S/C19H25ClN2O4/c20-16-5-1-4-15(11-16)19(6-9-26-10-7-19)13-21-18(25)22-8-2-3-14(12-22)17(23)24/h1,4-5,11,14H,2-3,6-10,12-13H2,(H,21,25)(H,23,24). The van der Waals surface area contributed by atoms with Crippen LogP contribution in [0.25, 0.3) is 0 Å². The number of amides is 2. The number of hydrogen-bond acceptors (Lipinski definition) is 3. The zero-order valence-electron chi connectivity index (χ0n) is 14.7. The molecule has 1 atom stereocenters. The van der Waals surface area contributed by atoms with E-state index in [1.807, 2.05) is 24.3 Å². The first-order valence-electron chi connectivity index (χ1n) is 9.10. The molecule has 1 unspecified atom stereocenters. The lowest BCUT2D eigenvalue weighted by molar-refractivity contribution is -0.143. The third-order valence-corrected chi connectivity index (χ3v) is 5.76. The van der Waals surface area contributed by atoms with Crippen molar-refractivity contribution in [2.75, 3.05) is 32.8 Å². The first kappa shape index (κ1) is 19.0. The molecule has 0 spiro atoms. The van der Waals surface area contributed by atoms with Gasteiger partial charge in [-0.3, -0.25) is 4.79 Å². The zero-order valence-corrected chi connectivity index (χ0v) is 15.5. The number of nitrogens with zero attached hydrogens (tertiary/aromatic N) is 1. The Balaban J connectivity index is 1.68. The van der Waals surface area contributed by atoms with Gasteiger partial charge in [-0.25, -0.2) is 4.79 Å². The number of benzene rings is 1. The highest BCUT2D eigenvalue weighted by atomic mass is 35.5. The fourth-order valence-corrected chi connectivity index (χ4v) is 4.06. The van der Waals surface area contributed by atoms with Crippen molar-refractivity contribution in [3.8, 4) is 0 Å². The summed E-state index contributed by atoms with van der Waals surface area (Å²) in [5.74, 6) is -1.30. The van der Waals surface area contributed by atoms with Gasteiger partial charge in [-0.2, -0.15) is 0 Å². The van der Waals surface area contributed by atoms with E-state index < -0.39 is 11.9 Å². The second-order valence-corrected chi connectivity index (χ2v) is 7.62. The van der Waals surface area contributed by atoms with E-state index in [1.165, 1.54) is 0 Å². The maximum Gasteiger partial charge on any atom is 0.317 e. The SMILES string of the molecule is O=C(O)C1CCCN(C(=O)NCC2(c3cccc(Cl)c3)CCOCC2)C1. The number of carboxylic acid groups (broad SMARTS) is 1. The number of halogens is 1. The van der Waals surface area contributed by atoms with Gasteiger partial charge in [-0.05, 0) is 43.4 Å². The summed E-state index contributed by atoms with van der Waals surface area (Å²) in [6.45, 7) is 2.65. The van der Waals surface area contributed by atoms with Crippen LogP contribution in [-0.4, -0.2) is 54.9 Å². The molecule has 1 aromatic rings. The van der Waals surface area contributed by atoms with Crippen molar-refractivity contribution >= 4 is 23.6 Å². The number of carbonyl (C=O) groups is 2. The maximum atomic E-state index is 12.6. The van der Waals surface area contributed by atoms with E-state index in [0.717, 1.165) is 24.8 Å². The lowest BCUT2D eigenvalue weighted by atomic mass is 9.74. The monoisotopic (exact) mass is 380 g/mol. The molecule has 0 aromatic heterocycles. The van der Waals surface area contributed by atoms with Gasteiger partial charge >= 0.3 is 12.0 Å². The molecular weight excluding hydrogens is 356 g/mol. The molecule has 2 saturated heterocycles. The van der Waals surface area contributed by atoms with Gasteiger partial charge in [-0.15, -0.1) is 0 Å². The van der Waals surface area contributed by atoms with Gasteiger partial charge in [0.15, 0.2) is 0 Å². The second-order valence-electron chi connectivity index (χ2n) is 7.19. The Kier molecular flexibility index (Phi) is 6.04. The predicted octanol–water partition coefficient (Wildman–Crippen LogP) is 2.89. The van der Waals surface area contributed by atoms with E-state index in [2.05, 4.69) is 5.32 Å². The Hall–Kier alpha value is -1.79. The Morgan fingerprint density at radius 3 is 2.81 bits per heavy atom. The highest BCUT2D eigenvalue weighted by Crippen LogP contribution is 2.35. The molecule has 0 bridgehead atoms. The van der Waals surface area contributed by atoms with E-state index in [1.54, 1.807) is 4.90 Å². The minimum atomic E-state index is -0.831. The molecule has 2 fully saturated rings. The van der Waals surface area contributed by atoms with Gasteiger partial charge in [0, 0.05) is 43.3 Å². The van der Waals surface area contributed by atoms with Crippen LogP contribution < -0.4 is 5.32 Å². The van der Waals surface area contributed by atoms with Gasteiger partial charge in [-0.1, -0.05) is 23.7 Å². The molecule has 6 nitrogen and oxygen atoms in total. The summed E-state index contributed by atoms with van der Waals surface area (Å²) in [7, 11) is 0. The van der Waals surface area contributed by atoms with E-state index >= 15 is 0 Å². The molecule has 26 heavy (non-hydrogen) atoms. The topological polar surface area (TPSA) is 78.9 Å². The summed E-state index contributed by atoms with van der Waals surface area (Å²) in [6, 6.07) is 7.59. The van der Waals surface area contributed by atoms with Crippen molar-refractivity contribution in [2.45, 2.75) is 31.1 Å². The highest BCUT2D eigenvalue weighted by molar-refractivity contribution is 6.30. The van der Waals surface area contributed by atoms with Crippen molar-refractivity contribution in [3.63, 3.8) is 0 Å². The average Bonchev–Trinajstić information content (AvgIpc) is 2.67. The molecular formula is C19H25ClN2O4. The Morgan fingerprint density at radius 1 is 1.35 bits per heavy atom. The quantitative estimate of drug-likeness (QED) is 0.841. The number of rotatable bonds is 4. The highest BCUT2D eigenvalue weighted by Gasteiger charge is 2.36. The molecule has 2 aliphatic rings. The third kappa shape index (κ3) is 4.30. The van der Waals surface area contributed by atoms with E-state index in [9.17, 15) is 14.7 Å².